The molecule has 1 aromatic rings. The molecule has 1 heterocycles. The number of hydrogen-bond acceptors (Lipinski definition) is 3. The average molecular weight is 282 g/mol. The number of sulfonamides is 1. The van der Waals surface area contributed by atoms with Crippen LogP contribution in [0.25, 0.3) is 0 Å². The SMILES string of the molecule is O=S(=O)(NC1CC1)c1sccc1Br. The van der Waals surface area contributed by atoms with E-state index in [-0.39, 0.29) is 6.04 Å². The Hall–Kier alpha value is 0.0900. The van der Waals surface area contributed by atoms with Gasteiger partial charge in [0.2, 0.25) is 0 Å². The molecule has 0 aromatic carbocycles. The van der Waals surface area contributed by atoms with Crippen molar-refractivity contribution in [1.82, 2.24) is 4.72 Å². The van der Waals surface area contributed by atoms with Gasteiger partial charge in [-0.05, 0) is 40.2 Å². The molecule has 2 rings (SSSR count). The van der Waals surface area contributed by atoms with Crippen molar-refractivity contribution in [1.29, 1.82) is 0 Å². The van der Waals surface area contributed by atoms with Crippen molar-refractivity contribution < 1.29 is 8.42 Å². The topological polar surface area (TPSA) is 46.2 Å². The van der Waals surface area contributed by atoms with Crippen LogP contribution in [0.15, 0.2) is 20.1 Å². The smallest absolute Gasteiger partial charge is 0.207 e. The normalized spacial score (nSPS) is 17.6. The average Bonchev–Trinajstić information content (AvgIpc) is 2.69. The maximum Gasteiger partial charge on any atom is 0.251 e. The van der Waals surface area contributed by atoms with Crippen LogP contribution in [0.5, 0.6) is 0 Å². The Morgan fingerprint density at radius 3 is 2.69 bits per heavy atom. The van der Waals surface area contributed by atoms with Crippen molar-refractivity contribution in [2.24, 2.45) is 0 Å². The summed E-state index contributed by atoms with van der Waals surface area (Å²) in [4.78, 5) is 0. The Bertz CT molecular complexity index is 408. The molecule has 1 aromatic heterocycles. The molecule has 6 heteroatoms. The summed E-state index contributed by atoms with van der Waals surface area (Å²) >= 11 is 4.43. The summed E-state index contributed by atoms with van der Waals surface area (Å²) in [7, 11) is -3.26. The molecule has 13 heavy (non-hydrogen) atoms. The van der Waals surface area contributed by atoms with E-state index in [1.807, 2.05) is 0 Å². The van der Waals surface area contributed by atoms with Crippen LogP contribution in [0.1, 0.15) is 12.8 Å². The van der Waals surface area contributed by atoms with E-state index in [4.69, 9.17) is 0 Å². The Morgan fingerprint density at radius 1 is 1.54 bits per heavy atom. The number of hydrogen-bond donors (Lipinski definition) is 1. The van der Waals surface area contributed by atoms with Gasteiger partial charge in [0.05, 0.1) is 0 Å². The Balaban J connectivity index is 2.28. The van der Waals surface area contributed by atoms with E-state index in [9.17, 15) is 8.42 Å². The molecule has 1 aliphatic carbocycles. The minimum Gasteiger partial charge on any atom is -0.207 e. The van der Waals surface area contributed by atoms with Crippen LogP contribution in [0.4, 0.5) is 0 Å². The molecule has 0 unspecified atom stereocenters. The maximum atomic E-state index is 11.6. The molecule has 0 atom stereocenters. The van der Waals surface area contributed by atoms with Gasteiger partial charge in [-0.1, -0.05) is 0 Å². The molecule has 72 valence electrons. The van der Waals surface area contributed by atoms with Crippen LogP contribution >= 0.6 is 27.3 Å². The first-order chi connectivity index (χ1) is 6.09. The highest BCUT2D eigenvalue weighted by molar-refractivity contribution is 9.10. The first-order valence-electron chi connectivity index (χ1n) is 3.85. The monoisotopic (exact) mass is 281 g/mol. The second kappa shape index (κ2) is 3.34. The van der Waals surface area contributed by atoms with Gasteiger partial charge >= 0.3 is 0 Å². The van der Waals surface area contributed by atoms with Crippen LogP contribution in [0, 0.1) is 0 Å². The third-order valence-electron chi connectivity index (χ3n) is 1.73. The Morgan fingerprint density at radius 2 is 2.23 bits per heavy atom. The third kappa shape index (κ3) is 2.12. The van der Waals surface area contributed by atoms with E-state index in [0.717, 1.165) is 12.8 Å². The van der Waals surface area contributed by atoms with Crippen LogP contribution in [0.3, 0.4) is 0 Å². The van der Waals surface area contributed by atoms with Gasteiger partial charge in [0.25, 0.3) is 10.0 Å². The highest BCUT2D eigenvalue weighted by Crippen LogP contribution is 2.29. The predicted octanol–water partition coefficient (Wildman–Crippen LogP) is 1.95. The molecule has 0 bridgehead atoms. The quantitative estimate of drug-likeness (QED) is 0.921. The number of halogens is 1. The number of rotatable bonds is 3. The van der Waals surface area contributed by atoms with Gasteiger partial charge < -0.3 is 0 Å². The first-order valence-corrected chi connectivity index (χ1v) is 7.00. The summed E-state index contributed by atoms with van der Waals surface area (Å²) in [6.07, 6.45) is 1.92. The van der Waals surface area contributed by atoms with E-state index in [1.165, 1.54) is 11.3 Å². The first kappa shape index (κ1) is 9.64. The minimum atomic E-state index is -3.26. The summed E-state index contributed by atoms with van der Waals surface area (Å²) < 4.78 is 26.9. The van der Waals surface area contributed by atoms with Crippen molar-refractivity contribution in [2.45, 2.75) is 23.1 Å². The van der Waals surface area contributed by atoms with Crippen molar-refractivity contribution in [3.05, 3.63) is 15.9 Å². The zero-order valence-corrected chi connectivity index (χ0v) is 9.88. The van der Waals surface area contributed by atoms with Gasteiger partial charge in [0, 0.05) is 10.5 Å². The van der Waals surface area contributed by atoms with Crippen molar-refractivity contribution in [2.75, 3.05) is 0 Å². The van der Waals surface area contributed by atoms with Gasteiger partial charge in [0.1, 0.15) is 4.21 Å². The molecule has 1 fully saturated rings. The summed E-state index contributed by atoms with van der Waals surface area (Å²) in [5, 5.41) is 1.76. The van der Waals surface area contributed by atoms with Crippen LogP contribution in [-0.2, 0) is 10.0 Å². The summed E-state index contributed by atoms with van der Waals surface area (Å²) in [5.41, 5.74) is 0. The highest BCUT2D eigenvalue weighted by Gasteiger charge is 2.29. The second-order valence-electron chi connectivity index (χ2n) is 2.95. The fourth-order valence-corrected chi connectivity index (χ4v) is 4.60. The molecule has 1 aliphatic rings. The molecule has 0 saturated heterocycles. The standard InChI is InChI=1S/C7H8BrNO2S2/c8-6-3-4-12-7(6)13(10,11)9-5-1-2-5/h3-5,9H,1-2H2. The maximum absolute atomic E-state index is 11.6. The van der Waals surface area contributed by atoms with Gasteiger partial charge in [-0.2, -0.15) is 0 Å². The van der Waals surface area contributed by atoms with E-state index in [2.05, 4.69) is 20.7 Å². The molecular weight excluding hydrogens is 274 g/mol. The zero-order chi connectivity index (χ0) is 9.47. The molecule has 1 saturated carbocycles. The lowest BCUT2D eigenvalue weighted by Gasteiger charge is -2.02. The summed E-state index contributed by atoms with van der Waals surface area (Å²) in [5.74, 6) is 0. The predicted molar refractivity (Wildman–Crippen MR) is 55.4 cm³/mol. The third-order valence-corrected chi connectivity index (χ3v) is 5.92. The van der Waals surface area contributed by atoms with Gasteiger partial charge in [-0.15, -0.1) is 11.3 Å². The van der Waals surface area contributed by atoms with E-state index >= 15 is 0 Å². The van der Waals surface area contributed by atoms with E-state index in [1.54, 1.807) is 11.4 Å². The molecule has 0 amide bonds. The van der Waals surface area contributed by atoms with Crippen LogP contribution in [-0.4, -0.2) is 14.5 Å². The van der Waals surface area contributed by atoms with E-state index in [0.29, 0.717) is 8.68 Å². The molecule has 3 nitrogen and oxygen atoms in total. The van der Waals surface area contributed by atoms with Crippen molar-refractivity contribution >= 4 is 37.3 Å². The Kier molecular flexibility index (Phi) is 2.48. The van der Waals surface area contributed by atoms with Crippen LogP contribution < -0.4 is 4.72 Å². The van der Waals surface area contributed by atoms with E-state index < -0.39 is 10.0 Å². The second-order valence-corrected chi connectivity index (χ2v) is 6.63. The molecule has 1 N–H and O–H groups in total. The number of nitrogens with one attached hydrogen (secondary N) is 1. The highest BCUT2D eigenvalue weighted by atomic mass is 79.9. The molecule has 0 spiro atoms. The number of thiophene rings is 1. The lowest BCUT2D eigenvalue weighted by atomic mass is 10.7. The fourth-order valence-electron chi connectivity index (χ4n) is 0.946. The van der Waals surface area contributed by atoms with Gasteiger partial charge in [0.15, 0.2) is 0 Å². The minimum absolute atomic E-state index is 0.166. The van der Waals surface area contributed by atoms with Crippen LogP contribution in [0.2, 0.25) is 0 Å². The lowest BCUT2D eigenvalue weighted by molar-refractivity contribution is 0.583. The molecule has 0 aliphatic heterocycles. The van der Waals surface area contributed by atoms with Gasteiger partial charge in [-0.25, -0.2) is 13.1 Å². The Labute approximate surface area is 89.3 Å². The summed E-state index contributed by atoms with van der Waals surface area (Å²) in [6.45, 7) is 0. The molecular formula is C7H8BrNO2S2. The zero-order valence-electron chi connectivity index (χ0n) is 6.66. The largest absolute Gasteiger partial charge is 0.251 e. The van der Waals surface area contributed by atoms with Gasteiger partial charge in [-0.3, -0.25) is 0 Å². The molecule has 0 radical (unpaired) electrons. The summed E-state index contributed by atoms with van der Waals surface area (Å²) in [6, 6.07) is 1.91. The van der Waals surface area contributed by atoms with Crippen molar-refractivity contribution in [3.63, 3.8) is 0 Å². The van der Waals surface area contributed by atoms with Crippen molar-refractivity contribution in [3.8, 4) is 0 Å². The lowest BCUT2D eigenvalue weighted by Crippen LogP contribution is -2.25. The fraction of sp³-hybridized carbons (Fsp3) is 0.429.